The van der Waals surface area contributed by atoms with Crippen molar-refractivity contribution in [3.05, 3.63) is 63.3 Å². The maximum atomic E-state index is 12.9. The van der Waals surface area contributed by atoms with Crippen LogP contribution in [0.15, 0.2) is 62.0 Å². The molecular weight excluding hydrogens is 418 g/mol. The molecule has 3 heterocycles. The van der Waals surface area contributed by atoms with E-state index in [9.17, 15) is 13.2 Å². The number of thiazole rings is 1. The number of nitrogens with zero attached hydrogens (tertiary/aromatic N) is 1. The van der Waals surface area contributed by atoms with Crippen molar-refractivity contribution in [3.8, 4) is 5.75 Å². The molecule has 5 rings (SSSR count). The van der Waals surface area contributed by atoms with Crippen LogP contribution in [0, 0.1) is 6.92 Å². The number of hydrogen-bond acceptors (Lipinski definition) is 8. The van der Waals surface area contributed by atoms with Gasteiger partial charge in [0.15, 0.2) is 5.75 Å². The van der Waals surface area contributed by atoms with E-state index in [2.05, 4.69) is 4.98 Å². The van der Waals surface area contributed by atoms with Gasteiger partial charge in [-0.1, -0.05) is 0 Å². The summed E-state index contributed by atoms with van der Waals surface area (Å²) in [5.41, 5.74) is 0.679. The lowest BCUT2D eigenvalue weighted by Crippen LogP contribution is -2.10. The smallest absolute Gasteiger partial charge is 0.339 e. The second-order valence-electron chi connectivity index (χ2n) is 6.11. The zero-order valence-corrected chi connectivity index (χ0v) is 16.8. The fraction of sp³-hybridized carbons (Fsp3) is 0.0526. The number of benzene rings is 2. The predicted molar refractivity (Wildman–Crippen MR) is 110 cm³/mol. The molecular formula is C19H11NO5S3. The van der Waals surface area contributed by atoms with Gasteiger partial charge in [0.1, 0.15) is 10.5 Å². The highest BCUT2D eigenvalue weighted by molar-refractivity contribution is 7.87. The van der Waals surface area contributed by atoms with Crippen LogP contribution in [0.3, 0.4) is 0 Å². The average Bonchev–Trinajstić information content (AvgIpc) is 3.27. The minimum atomic E-state index is -4.08. The van der Waals surface area contributed by atoms with Gasteiger partial charge in [0.25, 0.3) is 0 Å². The summed E-state index contributed by atoms with van der Waals surface area (Å²) in [5.74, 6) is 0.270. The third-order valence-electron chi connectivity index (χ3n) is 4.25. The van der Waals surface area contributed by atoms with E-state index in [-0.39, 0.29) is 10.6 Å². The van der Waals surface area contributed by atoms with Crippen LogP contribution in [0.1, 0.15) is 5.01 Å². The minimum Gasteiger partial charge on any atom is -0.423 e. The monoisotopic (exact) mass is 429 g/mol. The van der Waals surface area contributed by atoms with Gasteiger partial charge >= 0.3 is 15.7 Å². The lowest BCUT2D eigenvalue weighted by atomic mass is 10.2. The first-order valence-corrected chi connectivity index (χ1v) is 11.3. The Bertz CT molecular complexity index is 1540. The number of rotatable bonds is 3. The maximum absolute atomic E-state index is 12.9. The Balaban J connectivity index is 1.64. The summed E-state index contributed by atoms with van der Waals surface area (Å²) in [6.45, 7) is 1.91. The quantitative estimate of drug-likeness (QED) is 0.305. The predicted octanol–water partition coefficient (Wildman–Crippen LogP) is 4.69. The fourth-order valence-corrected chi connectivity index (χ4v) is 5.84. The zero-order valence-electron chi connectivity index (χ0n) is 14.3. The van der Waals surface area contributed by atoms with Gasteiger partial charge in [-0.2, -0.15) is 8.42 Å². The Kier molecular flexibility index (Phi) is 3.80. The molecule has 0 fully saturated rings. The lowest BCUT2D eigenvalue weighted by molar-refractivity contribution is 0.489. The third kappa shape index (κ3) is 2.79. The average molecular weight is 430 g/mol. The molecule has 0 saturated carbocycles. The van der Waals surface area contributed by atoms with Gasteiger partial charge in [-0.25, -0.2) is 9.78 Å². The molecule has 0 unspecified atom stereocenters. The summed E-state index contributed by atoms with van der Waals surface area (Å²) >= 11 is 2.98. The van der Waals surface area contributed by atoms with E-state index in [1.54, 1.807) is 6.07 Å². The standard InChI is InChI=1S/C19H11NO5S3/c1-10-20-18-16(27-10)9-15(13-6-7-26-19(13)18)25-28(22,23)12-3-4-14-11(8-12)2-5-17(21)24-14/h2-9H,1H3. The second-order valence-corrected chi connectivity index (χ2v) is 9.81. The zero-order chi connectivity index (χ0) is 19.5. The van der Waals surface area contributed by atoms with E-state index in [1.807, 2.05) is 18.4 Å². The van der Waals surface area contributed by atoms with E-state index < -0.39 is 15.7 Å². The van der Waals surface area contributed by atoms with E-state index in [4.69, 9.17) is 8.60 Å². The van der Waals surface area contributed by atoms with Crippen LogP contribution < -0.4 is 9.81 Å². The lowest BCUT2D eigenvalue weighted by Gasteiger charge is -2.09. The molecule has 0 amide bonds. The highest BCUT2D eigenvalue weighted by atomic mass is 32.2. The minimum absolute atomic E-state index is 0.0159. The van der Waals surface area contributed by atoms with Crippen LogP contribution in [-0.4, -0.2) is 13.4 Å². The van der Waals surface area contributed by atoms with Crippen molar-refractivity contribution in [1.82, 2.24) is 4.98 Å². The topological polar surface area (TPSA) is 86.5 Å². The highest BCUT2D eigenvalue weighted by Crippen LogP contribution is 2.39. The third-order valence-corrected chi connectivity index (χ3v) is 7.32. The van der Waals surface area contributed by atoms with Gasteiger partial charge in [-0.3, -0.25) is 0 Å². The van der Waals surface area contributed by atoms with E-state index in [1.165, 1.54) is 53.0 Å². The van der Waals surface area contributed by atoms with Crippen molar-refractivity contribution in [2.24, 2.45) is 0 Å². The van der Waals surface area contributed by atoms with Crippen molar-refractivity contribution in [2.75, 3.05) is 0 Å². The molecule has 0 atom stereocenters. The summed E-state index contributed by atoms with van der Waals surface area (Å²) in [6.07, 6.45) is 0. The highest BCUT2D eigenvalue weighted by Gasteiger charge is 2.21. The molecule has 0 saturated heterocycles. The van der Waals surface area contributed by atoms with Crippen LogP contribution in [0.2, 0.25) is 0 Å². The van der Waals surface area contributed by atoms with Crippen LogP contribution in [0.4, 0.5) is 0 Å². The van der Waals surface area contributed by atoms with Gasteiger partial charge in [-0.15, -0.1) is 22.7 Å². The summed E-state index contributed by atoms with van der Waals surface area (Å²) < 4.78 is 38.1. The molecule has 3 aromatic heterocycles. The molecule has 140 valence electrons. The molecule has 0 spiro atoms. The molecule has 28 heavy (non-hydrogen) atoms. The molecule has 0 bridgehead atoms. The number of thiophene rings is 1. The van der Waals surface area contributed by atoms with Crippen molar-refractivity contribution < 1.29 is 17.0 Å². The number of aromatic nitrogens is 1. The Morgan fingerprint density at radius 3 is 2.82 bits per heavy atom. The summed E-state index contributed by atoms with van der Waals surface area (Å²) in [7, 11) is -4.08. The molecule has 0 N–H and O–H groups in total. The van der Waals surface area contributed by atoms with Crippen molar-refractivity contribution in [1.29, 1.82) is 0 Å². The molecule has 9 heteroatoms. The molecule has 5 aromatic rings. The van der Waals surface area contributed by atoms with Crippen molar-refractivity contribution in [2.45, 2.75) is 11.8 Å². The van der Waals surface area contributed by atoms with E-state index in [0.29, 0.717) is 16.4 Å². The first kappa shape index (κ1) is 17.4. The Morgan fingerprint density at radius 2 is 1.96 bits per heavy atom. The van der Waals surface area contributed by atoms with Gasteiger partial charge in [0.2, 0.25) is 0 Å². The second kappa shape index (κ2) is 6.13. The summed E-state index contributed by atoms with van der Waals surface area (Å²) in [4.78, 5) is 15.8. The van der Waals surface area contributed by atoms with Crippen molar-refractivity contribution in [3.63, 3.8) is 0 Å². The van der Waals surface area contributed by atoms with Crippen molar-refractivity contribution >= 4 is 64.1 Å². The Morgan fingerprint density at radius 1 is 1.11 bits per heavy atom. The van der Waals surface area contributed by atoms with E-state index in [0.717, 1.165) is 19.9 Å². The summed E-state index contributed by atoms with van der Waals surface area (Å²) in [5, 5.41) is 3.99. The van der Waals surface area contributed by atoms with Crippen LogP contribution >= 0.6 is 22.7 Å². The Hall–Kier alpha value is -2.75. The molecule has 0 radical (unpaired) electrons. The van der Waals surface area contributed by atoms with Crippen LogP contribution in [0.25, 0.3) is 31.3 Å². The first-order chi connectivity index (χ1) is 13.4. The number of hydrogen-bond donors (Lipinski definition) is 0. The van der Waals surface area contributed by atoms with Crippen LogP contribution in [0.5, 0.6) is 5.75 Å². The molecule has 2 aromatic carbocycles. The fourth-order valence-electron chi connectivity index (χ4n) is 3.03. The normalized spacial score (nSPS) is 12.2. The molecule has 0 aliphatic carbocycles. The number of fused-ring (bicyclic) bond motifs is 4. The SMILES string of the molecule is Cc1nc2c(cc(OS(=O)(=O)c3ccc4oc(=O)ccc4c3)c3ccsc32)s1. The molecule has 6 nitrogen and oxygen atoms in total. The van der Waals surface area contributed by atoms with Gasteiger partial charge < -0.3 is 8.60 Å². The maximum Gasteiger partial charge on any atom is 0.339 e. The van der Waals surface area contributed by atoms with Crippen LogP contribution in [-0.2, 0) is 10.1 Å². The van der Waals surface area contributed by atoms with Gasteiger partial charge in [0.05, 0.1) is 19.9 Å². The molecule has 0 aliphatic heterocycles. The van der Waals surface area contributed by atoms with Gasteiger partial charge in [0, 0.05) is 22.9 Å². The molecule has 0 aliphatic rings. The first-order valence-electron chi connectivity index (χ1n) is 8.16. The largest absolute Gasteiger partial charge is 0.423 e. The van der Waals surface area contributed by atoms with Gasteiger partial charge in [-0.05, 0) is 42.6 Å². The van der Waals surface area contributed by atoms with E-state index >= 15 is 0 Å². The Labute approximate surface area is 166 Å². The number of aryl methyl sites for hydroxylation is 1. The summed E-state index contributed by atoms with van der Waals surface area (Å²) in [6, 6.07) is 10.5.